The van der Waals surface area contributed by atoms with Gasteiger partial charge in [0.1, 0.15) is 24.1 Å². The molecule has 0 bridgehead atoms. The molecule has 1 aliphatic heterocycles. The Balaban J connectivity index is 1.47. The van der Waals surface area contributed by atoms with Crippen molar-refractivity contribution in [2.45, 2.75) is 32.5 Å². The highest BCUT2D eigenvalue weighted by Gasteiger charge is 2.37. The van der Waals surface area contributed by atoms with Crippen LogP contribution < -0.4 is 19.7 Å². The summed E-state index contributed by atoms with van der Waals surface area (Å²) in [5, 5.41) is 7.04. The summed E-state index contributed by atoms with van der Waals surface area (Å²) >= 11 is 0. The highest BCUT2D eigenvalue weighted by atomic mass is 16.5. The van der Waals surface area contributed by atoms with E-state index in [0.717, 1.165) is 0 Å². The smallest absolute Gasteiger partial charge is 0.268 e. The normalized spacial score (nSPS) is 16.3. The molecule has 0 spiro atoms. The van der Waals surface area contributed by atoms with E-state index in [1.54, 1.807) is 49.0 Å². The molecule has 0 aliphatic carbocycles. The van der Waals surface area contributed by atoms with Crippen molar-refractivity contribution >= 4 is 23.2 Å². The Hall–Kier alpha value is -3.81. The SMILES string of the molecule is C[C@@H]1Oc2ccccc2N([C@H](C)C(=O)Nc2ccccc2OCCn2cccn2)C1=O. The van der Waals surface area contributed by atoms with Crippen LogP contribution in [0.3, 0.4) is 0 Å². The summed E-state index contributed by atoms with van der Waals surface area (Å²) in [5.41, 5.74) is 1.12. The van der Waals surface area contributed by atoms with Crippen molar-refractivity contribution < 1.29 is 19.1 Å². The fraction of sp³-hybridized carbons (Fsp3) is 0.261. The number of ether oxygens (including phenoxy) is 2. The lowest BCUT2D eigenvalue weighted by Gasteiger charge is -2.36. The minimum atomic E-state index is -0.739. The summed E-state index contributed by atoms with van der Waals surface area (Å²) in [4.78, 5) is 27.4. The van der Waals surface area contributed by atoms with Gasteiger partial charge in [-0.2, -0.15) is 5.10 Å². The third-order valence-corrected chi connectivity index (χ3v) is 5.06. The number of carbonyl (C=O) groups is 2. The van der Waals surface area contributed by atoms with Gasteiger partial charge in [0.05, 0.1) is 17.9 Å². The summed E-state index contributed by atoms with van der Waals surface area (Å²) in [7, 11) is 0. The van der Waals surface area contributed by atoms with Crippen molar-refractivity contribution in [2.75, 3.05) is 16.8 Å². The Labute approximate surface area is 180 Å². The lowest BCUT2D eigenvalue weighted by Crippen LogP contribution is -2.52. The van der Waals surface area contributed by atoms with Crippen molar-refractivity contribution in [1.82, 2.24) is 9.78 Å². The van der Waals surface area contributed by atoms with Crippen LogP contribution in [0.2, 0.25) is 0 Å². The topological polar surface area (TPSA) is 85.7 Å². The number of benzene rings is 2. The van der Waals surface area contributed by atoms with E-state index in [1.807, 2.05) is 36.5 Å². The maximum Gasteiger partial charge on any atom is 0.268 e. The molecule has 1 aliphatic rings. The molecular weight excluding hydrogens is 396 g/mol. The molecule has 2 heterocycles. The van der Waals surface area contributed by atoms with Crippen LogP contribution in [0.4, 0.5) is 11.4 Å². The Kier molecular flexibility index (Phi) is 5.88. The zero-order valence-electron chi connectivity index (χ0n) is 17.4. The molecule has 0 unspecified atom stereocenters. The van der Waals surface area contributed by atoms with E-state index in [9.17, 15) is 9.59 Å². The fourth-order valence-electron chi connectivity index (χ4n) is 3.44. The van der Waals surface area contributed by atoms with Gasteiger partial charge in [-0.25, -0.2) is 0 Å². The van der Waals surface area contributed by atoms with Crippen LogP contribution in [0.1, 0.15) is 13.8 Å². The largest absolute Gasteiger partial charge is 0.489 e. The van der Waals surface area contributed by atoms with Crippen LogP contribution in [0.5, 0.6) is 11.5 Å². The standard InChI is InChI=1S/C23H24N4O4/c1-16(27-19-9-4-6-11-21(19)31-17(2)23(27)29)22(28)25-18-8-3-5-10-20(18)30-15-14-26-13-7-12-24-26/h3-13,16-17H,14-15H2,1-2H3,(H,25,28)/t16-,17+/m1/s1. The maximum absolute atomic E-state index is 13.1. The highest BCUT2D eigenvalue weighted by Crippen LogP contribution is 2.35. The molecule has 3 aromatic rings. The second-order valence-corrected chi connectivity index (χ2v) is 7.22. The number of carbonyl (C=O) groups excluding carboxylic acids is 2. The first kappa shape index (κ1) is 20.5. The zero-order valence-corrected chi connectivity index (χ0v) is 17.4. The van der Waals surface area contributed by atoms with Crippen molar-refractivity contribution in [3.8, 4) is 11.5 Å². The van der Waals surface area contributed by atoms with Gasteiger partial charge in [-0.3, -0.25) is 19.2 Å². The van der Waals surface area contributed by atoms with E-state index in [0.29, 0.717) is 36.0 Å². The minimum absolute atomic E-state index is 0.259. The van der Waals surface area contributed by atoms with Crippen LogP contribution in [0.15, 0.2) is 67.0 Å². The van der Waals surface area contributed by atoms with E-state index in [1.165, 1.54) is 4.90 Å². The van der Waals surface area contributed by atoms with Crippen molar-refractivity contribution in [3.05, 3.63) is 67.0 Å². The number of para-hydroxylation sites is 4. The Bertz CT molecular complexity index is 1070. The monoisotopic (exact) mass is 420 g/mol. The minimum Gasteiger partial charge on any atom is -0.489 e. The van der Waals surface area contributed by atoms with E-state index in [4.69, 9.17) is 9.47 Å². The lowest BCUT2D eigenvalue weighted by molar-refractivity contribution is -0.128. The summed E-state index contributed by atoms with van der Waals surface area (Å²) in [5.74, 6) is 0.555. The van der Waals surface area contributed by atoms with Gasteiger partial charge in [-0.05, 0) is 44.2 Å². The third kappa shape index (κ3) is 4.37. The van der Waals surface area contributed by atoms with E-state index in [2.05, 4.69) is 10.4 Å². The summed E-state index contributed by atoms with van der Waals surface area (Å²) in [6, 6.07) is 15.5. The molecule has 8 nitrogen and oxygen atoms in total. The van der Waals surface area contributed by atoms with Crippen LogP contribution in [0.25, 0.3) is 0 Å². The molecular formula is C23H24N4O4. The number of rotatable bonds is 7. The second kappa shape index (κ2) is 8.91. The van der Waals surface area contributed by atoms with Gasteiger partial charge in [0, 0.05) is 12.4 Å². The Morgan fingerprint density at radius 1 is 1.19 bits per heavy atom. The molecule has 0 fully saturated rings. The van der Waals surface area contributed by atoms with Gasteiger partial charge in [0.2, 0.25) is 5.91 Å². The van der Waals surface area contributed by atoms with Crippen LogP contribution in [-0.2, 0) is 16.1 Å². The van der Waals surface area contributed by atoms with Crippen molar-refractivity contribution in [1.29, 1.82) is 0 Å². The van der Waals surface area contributed by atoms with Crippen LogP contribution >= 0.6 is 0 Å². The second-order valence-electron chi connectivity index (χ2n) is 7.22. The van der Waals surface area contributed by atoms with Crippen LogP contribution in [-0.4, -0.2) is 40.3 Å². The highest BCUT2D eigenvalue weighted by molar-refractivity contribution is 6.08. The molecule has 31 heavy (non-hydrogen) atoms. The van der Waals surface area contributed by atoms with Crippen LogP contribution in [0, 0.1) is 0 Å². The number of nitrogens with zero attached hydrogens (tertiary/aromatic N) is 3. The number of hydrogen-bond acceptors (Lipinski definition) is 5. The lowest BCUT2D eigenvalue weighted by atomic mass is 10.1. The molecule has 8 heteroatoms. The predicted molar refractivity (Wildman–Crippen MR) is 116 cm³/mol. The molecule has 0 saturated carbocycles. The molecule has 0 radical (unpaired) electrons. The van der Waals surface area contributed by atoms with E-state index >= 15 is 0 Å². The molecule has 4 rings (SSSR count). The summed E-state index contributed by atoms with van der Waals surface area (Å²) in [6.07, 6.45) is 2.90. The van der Waals surface area contributed by atoms with Gasteiger partial charge in [-0.15, -0.1) is 0 Å². The van der Waals surface area contributed by atoms with Gasteiger partial charge < -0.3 is 14.8 Å². The van der Waals surface area contributed by atoms with Crippen molar-refractivity contribution in [3.63, 3.8) is 0 Å². The van der Waals surface area contributed by atoms with E-state index < -0.39 is 12.1 Å². The Morgan fingerprint density at radius 2 is 1.97 bits per heavy atom. The van der Waals surface area contributed by atoms with Crippen molar-refractivity contribution in [2.24, 2.45) is 0 Å². The average Bonchev–Trinajstić information content (AvgIpc) is 3.29. The van der Waals surface area contributed by atoms with Gasteiger partial charge in [0.25, 0.3) is 5.91 Å². The van der Waals surface area contributed by atoms with Gasteiger partial charge >= 0.3 is 0 Å². The molecule has 1 aromatic heterocycles. The third-order valence-electron chi connectivity index (χ3n) is 5.06. The zero-order chi connectivity index (χ0) is 21.8. The number of hydrogen-bond donors (Lipinski definition) is 1. The summed E-state index contributed by atoms with van der Waals surface area (Å²) in [6.45, 7) is 4.36. The molecule has 0 saturated heterocycles. The molecule has 1 N–H and O–H groups in total. The predicted octanol–water partition coefficient (Wildman–Crippen LogP) is 3.10. The molecule has 160 valence electrons. The number of amides is 2. The first-order chi connectivity index (χ1) is 15.0. The Morgan fingerprint density at radius 3 is 2.77 bits per heavy atom. The molecule has 2 amide bonds. The van der Waals surface area contributed by atoms with Gasteiger partial charge in [0.15, 0.2) is 6.10 Å². The first-order valence-electron chi connectivity index (χ1n) is 10.1. The molecule has 2 aromatic carbocycles. The fourth-order valence-corrected chi connectivity index (χ4v) is 3.44. The number of aromatic nitrogens is 2. The number of anilines is 2. The van der Waals surface area contributed by atoms with Gasteiger partial charge in [-0.1, -0.05) is 24.3 Å². The number of fused-ring (bicyclic) bond motifs is 1. The average molecular weight is 420 g/mol. The van der Waals surface area contributed by atoms with E-state index in [-0.39, 0.29) is 11.8 Å². The quantitative estimate of drug-likeness (QED) is 0.635. The molecule has 2 atom stereocenters. The maximum atomic E-state index is 13.1. The number of nitrogens with one attached hydrogen (secondary N) is 1. The summed E-state index contributed by atoms with van der Waals surface area (Å²) < 4.78 is 13.3. The first-order valence-corrected chi connectivity index (χ1v) is 10.1.